The van der Waals surface area contributed by atoms with Gasteiger partial charge in [-0.05, 0) is 23.8 Å². The van der Waals surface area contributed by atoms with Crippen molar-refractivity contribution >= 4 is 11.6 Å². The van der Waals surface area contributed by atoms with Crippen LogP contribution >= 0.6 is 11.6 Å². The molecule has 0 saturated carbocycles. The zero-order valence-electron chi connectivity index (χ0n) is 7.68. The second-order valence-electron chi connectivity index (χ2n) is 3.06. The number of halogens is 2. The van der Waals surface area contributed by atoms with Crippen LogP contribution in [0.15, 0.2) is 18.2 Å². The lowest BCUT2D eigenvalue weighted by Crippen LogP contribution is -2.02. The lowest BCUT2D eigenvalue weighted by molar-refractivity contribution is 0.184. The highest BCUT2D eigenvalue weighted by molar-refractivity contribution is 6.30. The second-order valence-corrected chi connectivity index (χ2v) is 3.50. The smallest absolute Gasteiger partial charge is 0.124 e. The van der Waals surface area contributed by atoms with E-state index in [1.165, 1.54) is 12.1 Å². The minimum atomic E-state index is -0.301. The molecule has 0 bridgehead atoms. The molecule has 72 valence electrons. The van der Waals surface area contributed by atoms with E-state index in [1.807, 2.05) is 6.92 Å². The van der Waals surface area contributed by atoms with Gasteiger partial charge in [-0.25, -0.2) is 4.39 Å². The van der Waals surface area contributed by atoms with Crippen LogP contribution in [-0.2, 0) is 4.74 Å². The fourth-order valence-electron chi connectivity index (χ4n) is 1.21. The molecule has 1 atom stereocenters. The van der Waals surface area contributed by atoms with E-state index < -0.39 is 0 Å². The molecule has 1 aromatic rings. The fourth-order valence-corrected chi connectivity index (χ4v) is 1.44. The zero-order chi connectivity index (χ0) is 9.84. The fraction of sp³-hybridized carbons (Fsp3) is 0.400. The summed E-state index contributed by atoms with van der Waals surface area (Å²) >= 11 is 5.71. The number of hydrogen-bond donors (Lipinski definition) is 0. The van der Waals surface area contributed by atoms with Crippen molar-refractivity contribution in [3.05, 3.63) is 34.6 Å². The summed E-state index contributed by atoms with van der Waals surface area (Å²) in [6, 6.07) is 4.54. The van der Waals surface area contributed by atoms with E-state index in [-0.39, 0.29) is 11.7 Å². The van der Waals surface area contributed by atoms with Crippen molar-refractivity contribution in [2.75, 3.05) is 13.7 Å². The first-order valence-electron chi connectivity index (χ1n) is 4.08. The lowest BCUT2D eigenvalue weighted by Gasteiger charge is -2.10. The van der Waals surface area contributed by atoms with Gasteiger partial charge in [-0.2, -0.15) is 0 Å². The molecule has 1 nitrogen and oxygen atoms in total. The quantitative estimate of drug-likeness (QED) is 0.731. The first-order valence-corrected chi connectivity index (χ1v) is 4.46. The Morgan fingerprint density at radius 2 is 2.15 bits per heavy atom. The molecular formula is C10H12ClFO. The zero-order valence-corrected chi connectivity index (χ0v) is 8.44. The van der Waals surface area contributed by atoms with Crippen molar-refractivity contribution in [2.24, 2.45) is 0 Å². The molecule has 0 saturated heterocycles. The molecule has 0 radical (unpaired) electrons. The van der Waals surface area contributed by atoms with Gasteiger partial charge in [-0.1, -0.05) is 18.5 Å². The van der Waals surface area contributed by atoms with E-state index >= 15 is 0 Å². The van der Waals surface area contributed by atoms with Crippen LogP contribution in [0.3, 0.4) is 0 Å². The van der Waals surface area contributed by atoms with Crippen LogP contribution in [0, 0.1) is 5.82 Å². The van der Waals surface area contributed by atoms with E-state index in [0.29, 0.717) is 11.6 Å². The molecule has 0 fully saturated rings. The van der Waals surface area contributed by atoms with Crippen LogP contribution in [0.5, 0.6) is 0 Å². The van der Waals surface area contributed by atoms with Gasteiger partial charge in [0.15, 0.2) is 0 Å². The van der Waals surface area contributed by atoms with Crippen molar-refractivity contribution in [2.45, 2.75) is 12.8 Å². The Kier molecular flexibility index (Phi) is 3.70. The molecule has 0 aliphatic heterocycles. The van der Waals surface area contributed by atoms with Gasteiger partial charge in [-0.15, -0.1) is 0 Å². The SMILES string of the molecule is COCC(C)c1cc(F)cc(Cl)c1. The number of rotatable bonds is 3. The molecule has 0 aliphatic rings. The first-order chi connectivity index (χ1) is 6.13. The summed E-state index contributed by atoms with van der Waals surface area (Å²) < 4.78 is 17.9. The van der Waals surface area contributed by atoms with Gasteiger partial charge >= 0.3 is 0 Å². The summed E-state index contributed by atoms with van der Waals surface area (Å²) in [5.41, 5.74) is 0.867. The largest absolute Gasteiger partial charge is 0.384 e. The lowest BCUT2D eigenvalue weighted by atomic mass is 10.0. The molecule has 1 rings (SSSR count). The third-order valence-corrected chi connectivity index (χ3v) is 2.09. The minimum absolute atomic E-state index is 0.165. The number of methoxy groups -OCH3 is 1. The Labute approximate surface area is 82.5 Å². The van der Waals surface area contributed by atoms with Crippen LogP contribution < -0.4 is 0 Å². The Morgan fingerprint density at radius 3 is 2.69 bits per heavy atom. The summed E-state index contributed by atoms with van der Waals surface area (Å²) in [7, 11) is 1.62. The first kappa shape index (κ1) is 10.5. The van der Waals surface area contributed by atoms with Crippen LogP contribution in [0.25, 0.3) is 0 Å². The number of benzene rings is 1. The number of ether oxygens (including phenoxy) is 1. The van der Waals surface area contributed by atoms with Crippen molar-refractivity contribution in [1.82, 2.24) is 0 Å². The molecule has 0 N–H and O–H groups in total. The molecular weight excluding hydrogens is 191 g/mol. The molecule has 0 heterocycles. The van der Waals surface area contributed by atoms with Gasteiger partial charge in [0.05, 0.1) is 6.61 Å². The average molecular weight is 203 g/mol. The predicted molar refractivity (Wildman–Crippen MR) is 51.7 cm³/mol. The van der Waals surface area contributed by atoms with Gasteiger partial charge < -0.3 is 4.74 Å². The van der Waals surface area contributed by atoms with Gasteiger partial charge in [0.1, 0.15) is 5.82 Å². The standard InChI is InChI=1S/C10H12ClFO/c1-7(6-13-2)8-3-9(11)5-10(12)4-8/h3-5,7H,6H2,1-2H3. The minimum Gasteiger partial charge on any atom is -0.384 e. The van der Waals surface area contributed by atoms with Crippen LogP contribution in [0.2, 0.25) is 5.02 Å². The van der Waals surface area contributed by atoms with Crippen LogP contribution in [0.4, 0.5) is 4.39 Å². The van der Waals surface area contributed by atoms with Crippen LogP contribution in [0.1, 0.15) is 18.4 Å². The van der Waals surface area contributed by atoms with Gasteiger partial charge in [0, 0.05) is 18.1 Å². The second kappa shape index (κ2) is 4.58. The normalized spacial score (nSPS) is 12.9. The highest BCUT2D eigenvalue weighted by Gasteiger charge is 2.07. The van der Waals surface area contributed by atoms with Gasteiger partial charge in [-0.3, -0.25) is 0 Å². The molecule has 1 aromatic carbocycles. The highest BCUT2D eigenvalue weighted by atomic mass is 35.5. The maximum absolute atomic E-state index is 12.9. The van der Waals surface area contributed by atoms with Gasteiger partial charge in [0.25, 0.3) is 0 Å². The number of hydrogen-bond acceptors (Lipinski definition) is 1. The maximum atomic E-state index is 12.9. The van der Waals surface area contributed by atoms with E-state index in [4.69, 9.17) is 16.3 Å². The summed E-state index contributed by atoms with van der Waals surface area (Å²) in [6.07, 6.45) is 0. The monoisotopic (exact) mass is 202 g/mol. The molecule has 13 heavy (non-hydrogen) atoms. The topological polar surface area (TPSA) is 9.23 Å². The molecule has 0 aliphatic carbocycles. The Hall–Kier alpha value is -0.600. The van der Waals surface area contributed by atoms with Gasteiger partial charge in [0.2, 0.25) is 0 Å². The third kappa shape index (κ3) is 2.98. The van der Waals surface area contributed by atoms with Crippen molar-refractivity contribution in [3.63, 3.8) is 0 Å². The van der Waals surface area contributed by atoms with E-state index in [1.54, 1.807) is 13.2 Å². The van der Waals surface area contributed by atoms with Crippen molar-refractivity contribution < 1.29 is 9.13 Å². The summed E-state index contributed by atoms with van der Waals surface area (Å²) in [4.78, 5) is 0. The predicted octanol–water partition coefficient (Wildman–Crippen LogP) is 3.23. The van der Waals surface area contributed by atoms with E-state index in [0.717, 1.165) is 5.56 Å². The Morgan fingerprint density at radius 1 is 1.46 bits per heavy atom. The average Bonchev–Trinajstić information content (AvgIpc) is 2.03. The van der Waals surface area contributed by atoms with E-state index in [9.17, 15) is 4.39 Å². The summed E-state index contributed by atoms with van der Waals surface area (Å²) in [5.74, 6) is -0.136. The summed E-state index contributed by atoms with van der Waals surface area (Å²) in [6.45, 7) is 2.54. The Bertz CT molecular complexity index is 268. The molecule has 0 aromatic heterocycles. The summed E-state index contributed by atoms with van der Waals surface area (Å²) in [5, 5.41) is 0.429. The molecule has 3 heteroatoms. The third-order valence-electron chi connectivity index (χ3n) is 1.87. The maximum Gasteiger partial charge on any atom is 0.124 e. The molecule has 0 spiro atoms. The Balaban J connectivity index is 2.87. The van der Waals surface area contributed by atoms with Crippen molar-refractivity contribution in [1.29, 1.82) is 0 Å². The highest BCUT2D eigenvalue weighted by Crippen LogP contribution is 2.21. The van der Waals surface area contributed by atoms with Crippen LogP contribution in [-0.4, -0.2) is 13.7 Å². The van der Waals surface area contributed by atoms with E-state index in [2.05, 4.69) is 0 Å². The van der Waals surface area contributed by atoms with Crippen molar-refractivity contribution in [3.8, 4) is 0 Å². The molecule has 0 amide bonds. The molecule has 1 unspecified atom stereocenters.